The summed E-state index contributed by atoms with van der Waals surface area (Å²) in [5.74, 6) is 0. The van der Waals surface area contributed by atoms with Crippen molar-refractivity contribution in [3.8, 4) is 11.1 Å². The van der Waals surface area contributed by atoms with Crippen LogP contribution in [0, 0.1) is 13.8 Å². The highest BCUT2D eigenvalue weighted by atomic mass is 14.4. The van der Waals surface area contributed by atoms with Crippen molar-refractivity contribution in [2.75, 3.05) is 0 Å². The summed E-state index contributed by atoms with van der Waals surface area (Å²) in [5, 5.41) is 0. The quantitative estimate of drug-likeness (QED) is 0.610. The minimum absolute atomic E-state index is 0.145. The molecule has 0 radical (unpaired) electrons. The van der Waals surface area contributed by atoms with Crippen LogP contribution in [0.1, 0.15) is 36.1 Å². The zero-order valence-corrected chi connectivity index (χ0v) is 11.0. The summed E-state index contributed by atoms with van der Waals surface area (Å²) in [5.41, 5.74) is 8.60. The standard InChI is InChI=1S/C17H18/c1-11-5-7-15-13(9-11)14-10-12(2)6-8-16(14)17(15,3)4/h5-10H,1-4H3. The Balaban J connectivity index is 2.39. The highest BCUT2D eigenvalue weighted by Crippen LogP contribution is 2.48. The Morgan fingerprint density at radius 2 is 1.12 bits per heavy atom. The van der Waals surface area contributed by atoms with E-state index in [1.54, 1.807) is 0 Å². The minimum atomic E-state index is 0.145. The minimum Gasteiger partial charge on any atom is -0.0590 e. The first-order chi connectivity index (χ1) is 8.00. The topological polar surface area (TPSA) is 0 Å². The first-order valence-electron chi connectivity index (χ1n) is 6.23. The van der Waals surface area contributed by atoms with Crippen LogP contribution in [0.3, 0.4) is 0 Å². The molecule has 0 atom stereocenters. The maximum atomic E-state index is 2.32. The Bertz CT molecular complexity index is 550. The van der Waals surface area contributed by atoms with Crippen molar-refractivity contribution in [3.05, 3.63) is 58.7 Å². The van der Waals surface area contributed by atoms with E-state index in [2.05, 4.69) is 64.1 Å². The molecular weight excluding hydrogens is 204 g/mol. The lowest BCUT2D eigenvalue weighted by molar-refractivity contribution is 0.660. The number of aryl methyl sites for hydroxylation is 2. The van der Waals surface area contributed by atoms with E-state index in [0.29, 0.717) is 0 Å². The number of benzene rings is 2. The zero-order chi connectivity index (χ0) is 12.2. The molecule has 0 amide bonds. The van der Waals surface area contributed by atoms with E-state index < -0.39 is 0 Å². The van der Waals surface area contributed by atoms with Gasteiger partial charge in [0.1, 0.15) is 0 Å². The van der Waals surface area contributed by atoms with E-state index in [0.717, 1.165) is 0 Å². The summed E-state index contributed by atoms with van der Waals surface area (Å²) in [6.45, 7) is 8.98. The van der Waals surface area contributed by atoms with Crippen molar-refractivity contribution >= 4 is 0 Å². The summed E-state index contributed by atoms with van der Waals surface area (Å²) in [4.78, 5) is 0. The highest BCUT2D eigenvalue weighted by Gasteiger charge is 2.34. The first kappa shape index (κ1) is 10.6. The van der Waals surface area contributed by atoms with Gasteiger partial charge in [0.15, 0.2) is 0 Å². The van der Waals surface area contributed by atoms with Crippen LogP contribution in [0.5, 0.6) is 0 Å². The van der Waals surface area contributed by atoms with Crippen molar-refractivity contribution in [3.63, 3.8) is 0 Å². The Kier molecular flexibility index (Phi) is 2.01. The largest absolute Gasteiger partial charge is 0.0590 e. The molecular formula is C17H18. The average Bonchev–Trinajstić information content (AvgIpc) is 2.47. The van der Waals surface area contributed by atoms with Crippen molar-refractivity contribution in [2.24, 2.45) is 0 Å². The van der Waals surface area contributed by atoms with Gasteiger partial charge in [0, 0.05) is 5.41 Å². The molecule has 86 valence electrons. The fourth-order valence-corrected chi connectivity index (χ4v) is 3.00. The fourth-order valence-electron chi connectivity index (χ4n) is 3.00. The molecule has 0 nitrogen and oxygen atoms in total. The van der Waals surface area contributed by atoms with Gasteiger partial charge >= 0.3 is 0 Å². The SMILES string of the molecule is Cc1ccc2c(c1)-c1cc(C)ccc1C2(C)C. The van der Waals surface area contributed by atoms with Crippen LogP contribution in [0.4, 0.5) is 0 Å². The average molecular weight is 222 g/mol. The molecule has 0 unspecified atom stereocenters. The molecule has 3 rings (SSSR count). The Morgan fingerprint density at radius 1 is 0.706 bits per heavy atom. The van der Waals surface area contributed by atoms with Gasteiger partial charge in [-0.2, -0.15) is 0 Å². The second-order valence-corrected chi connectivity index (χ2v) is 5.72. The van der Waals surface area contributed by atoms with Gasteiger partial charge in [-0.15, -0.1) is 0 Å². The van der Waals surface area contributed by atoms with Gasteiger partial charge in [0.05, 0.1) is 0 Å². The van der Waals surface area contributed by atoms with Crippen molar-refractivity contribution in [1.82, 2.24) is 0 Å². The van der Waals surface area contributed by atoms with Gasteiger partial charge < -0.3 is 0 Å². The summed E-state index contributed by atoms with van der Waals surface area (Å²) in [6.07, 6.45) is 0. The maximum Gasteiger partial charge on any atom is 0.0158 e. The van der Waals surface area contributed by atoms with Gasteiger partial charge in [0.2, 0.25) is 0 Å². The zero-order valence-electron chi connectivity index (χ0n) is 11.0. The molecule has 2 aromatic carbocycles. The Morgan fingerprint density at radius 3 is 1.53 bits per heavy atom. The third kappa shape index (κ3) is 1.37. The summed E-state index contributed by atoms with van der Waals surface area (Å²) >= 11 is 0. The Hall–Kier alpha value is -1.56. The van der Waals surface area contributed by atoms with Crippen LogP contribution < -0.4 is 0 Å². The Labute approximate surface area is 103 Å². The lowest BCUT2D eigenvalue weighted by atomic mass is 9.82. The molecule has 0 heteroatoms. The van der Waals surface area contributed by atoms with E-state index >= 15 is 0 Å². The van der Waals surface area contributed by atoms with Crippen molar-refractivity contribution in [1.29, 1.82) is 0 Å². The van der Waals surface area contributed by atoms with E-state index in [4.69, 9.17) is 0 Å². The molecule has 0 N–H and O–H groups in total. The van der Waals surface area contributed by atoms with Crippen LogP contribution in [0.2, 0.25) is 0 Å². The van der Waals surface area contributed by atoms with E-state index in [-0.39, 0.29) is 5.41 Å². The molecule has 0 spiro atoms. The van der Waals surface area contributed by atoms with Gasteiger partial charge in [-0.1, -0.05) is 61.4 Å². The highest BCUT2D eigenvalue weighted by molar-refractivity contribution is 5.81. The summed E-state index contributed by atoms with van der Waals surface area (Å²) in [7, 11) is 0. The van der Waals surface area contributed by atoms with Gasteiger partial charge in [-0.05, 0) is 36.1 Å². The number of hydrogen-bond acceptors (Lipinski definition) is 0. The predicted octanol–water partition coefficient (Wildman–Crippen LogP) is 4.61. The molecule has 0 fully saturated rings. The fraction of sp³-hybridized carbons (Fsp3) is 0.294. The van der Waals surface area contributed by atoms with Crippen molar-refractivity contribution in [2.45, 2.75) is 33.1 Å². The van der Waals surface area contributed by atoms with E-state index in [9.17, 15) is 0 Å². The predicted molar refractivity (Wildman–Crippen MR) is 73.5 cm³/mol. The van der Waals surface area contributed by atoms with Crippen molar-refractivity contribution < 1.29 is 0 Å². The molecule has 0 saturated heterocycles. The number of fused-ring (bicyclic) bond motifs is 3. The molecule has 0 heterocycles. The van der Waals surface area contributed by atoms with Gasteiger partial charge in [-0.25, -0.2) is 0 Å². The summed E-state index contributed by atoms with van der Waals surface area (Å²) in [6, 6.07) is 13.7. The van der Waals surface area contributed by atoms with E-state index in [1.165, 1.54) is 33.4 Å². The smallest absolute Gasteiger partial charge is 0.0158 e. The first-order valence-corrected chi connectivity index (χ1v) is 6.23. The van der Waals surface area contributed by atoms with Crippen LogP contribution in [0.15, 0.2) is 36.4 Å². The molecule has 0 saturated carbocycles. The number of hydrogen-bond donors (Lipinski definition) is 0. The molecule has 1 aliphatic rings. The van der Waals surface area contributed by atoms with Gasteiger partial charge in [-0.3, -0.25) is 0 Å². The third-order valence-electron chi connectivity index (χ3n) is 3.99. The third-order valence-corrected chi connectivity index (χ3v) is 3.99. The second kappa shape index (κ2) is 3.22. The lowest BCUT2D eigenvalue weighted by Crippen LogP contribution is -2.14. The molecule has 2 aromatic rings. The van der Waals surface area contributed by atoms with Gasteiger partial charge in [0.25, 0.3) is 0 Å². The molecule has 1 aliphatic carbocycles. The number of rotatable bonds is 0. The normalized spacial score (nSPS) is 15.5. The monoisotopic (exact) mass is 222 g/mol. The van der Waals surface area contributed by atoms with Crippen LogP contribution in [-0.4, -0.2) is 0 Å². The second-order valence-electron chi connectivity index (χ2n) is 5.72. The molecule has 0 aromatic heterocycles. The van der Waals surface area contributed by atoms with Crippen LogP contribution >= 0.6 is 0 Å². The lowest BCUT2D eigenvalue weighted by Gasteiger charge is -2.21. The van der Waals surface area contributed by atoms with Crippen LogP contribution in [0.25, 0.3) is 11.1 Å². The molecule has 0 bridgehead atoms. The molecule has 17 heavy (non-hydrogen) atoms. The van der Waals surface area contributed by atoms with Crippen LogP contribution in [-0.2, 0) is 5.41 Å². The molecule has 0 aliphatic heterocycles. The maximum absolute atomic E-state index is 2.32. The summed E-state index contributed by atoms with van der Waals surface area (Å²) < 4.78 is 0. The van der Waals surface area contributed by atoms with E-state index in [1.807, 2.05) is 0 Å².